The van der Waals surface area contributed by atoms with E-state index in [2.05, 4.69) is 0 Å². The zero-order valence-corrected chi connectivity index (χ0v) is 14.0. The molecule has 0 heterocycles. The minimum absolute atomic E-state index is 0.0571. The summed E-state index contributed by atoms with van der Waals surface area (Å²) in [5.41, 5.74) is 0.0571. The first kappa shape index (κ1) is 15.5. The van der Waals surface area contributed by atoms with Gasteiger partial charge in [0.15, 0.2) is 0 Å². The third-order valence-electron chi connectivity index (χ3n) is 4.24. The van der Waals surface area contributed by atoms with E-state index in [-0.39, 0.29) is 5.56 Å². The van der Waals surface area contributed by atoms with E-state index in [9.17, 15) is 14.1 Å². The molecule has 0 saturated carbocycles. The molecule has 4 aromatic rings. The monoisotopic (exact) mass is 345 g/mol. The second kappa shape index (κ2) is 6.15. The molecule has 4 aromatic carbocycles. The molecule has 25 heavy (non-hydrogen) atoms. The highest BCUT2D eigenvalue weighted by atomic mass is 32.2. The predicted octanol–water partition coefficient (Wildman–Crippen LogP) is 3.52. The number of hydrogen-bond donors (Lipinski definition) is 0. The molecule has 0 radical (unpaired) electrons. The molecule has 0 aliphatic rings. The van der Waals surface area contributed by atoms with Crippen LogP contribution in [-0.2, 0) is 10.8 Å². The average molecular weight is 345 g/mol. The summed E-state index contributed by atoms with van der Waals surface area (Å²) >= 11 is 0. The van der Waals surface area contributed by atoms with Crippen LogP contribution in [0.15, 0.2) is 88.7 Å². The van der Waals surface area contributed by atoms with Gasteiger partial charge in [0, 0.05) is 10.9 Å². The van der Waals surface area contributed by atoms with E-state index in [0.717, 1.165) is 16.2 Å². The summed E-state index contributed by atoms with van der Waals surface area (Å²) in [5.74, 6) is -1.27. The summed E-state index contributed by atoms with van der Waals surface area (Å²) in [6.45, 7) is 0. The van der Waals surface area contributed by atoms with Crippen molar-refractivity contribution in [2.75, 3.05) is 0 Å². The maximum absolute atomic E-state index is 13.3. The second-order valence-electron chi connectivity index (χ2n) is 5.69. The van der Waals surface area contributed by atoms with Crippen molar-refractivity contribution in [3.8, 4) is 0 Å². The lowest BCUT2D eigenvalue weighted by Gasteiger charge is -2.13. The van der Waals surface area contributed by atoms with E-state index in [1.54, 1.807) is 18.2 Å². The van der Waals surface area contributed by atoms with Gasteiger partial charge in [0.2, 0.25) is 0 Å². The molecule has 0 fully saturated rings. The molecule has 0 aromatic heterocycles. The van der Waals surface area contributed by atoms with E-state index in [4.69, 9.17) is 0 Å². The molecule has 3 nitrogen and oxygen atoms in total. The lowest BCUT2D eigenvalue weighted by molar-refractivity contribution is -0.254. The van der Waals surface area contributed by atoms with Crippen molar-refractivity contribution in [1.82, 2.24) is 0 Å². The van der Waals surface area contributed by atoms with Gasteiger partial charge in [0.1, 0.15) is 0 Å². The van der Waals surface area contributed by atoms with E-state index >= 15 is 0 Å². The number of carboxylic acid groups (broad SMARTS) is 1. The summed E-state index contributed by atoms with van der Waals surface area (Å²) in [5, 5.41) is 14.6. The van der Waals surface area contributed by atoms with Gasteiger partial charge in [0.25, 0.3) is 0 Å². The molecular weight excluding hydrogens is 332 g/mol. The van der Waals surface area contributed by atoms with E-state index in [1.807, 2.05) is 54.6 Å². The molecule has 0 unspecified atom stereocenters. The third kappa shape index (κ3) is 2.61. The topological polar surface area (TPSA) is 57.2 Å². The van der Waals surface area contributed by atoms with Gasteiger partial charge < -0.3 is 9.90 Å². The first-order valence-corrected chi connectivity index (χ1v) is 8.94. The maximum atomic E-state index is 13.3. The molecule has 0 spiro atoms. The fourth-order valence-corrected chi connectivity index (χ4v) is 4.55. The lowest BCUT2D eigenvalue weighted by Crippen LogP contribution is -2.22. The number of benzene rings is 4. The van der Waals surface area contributed by atoms with Gasteiger partial charge in [-0.05, 0) is 28.3 Å². The van der Waals surface area contributed by atoms with Crippen LogP contribution >= 0.6 is 0 Å². The number of carbonyl (C=O) groups is 1. The van der Waals surface area contributed by atoms with Gasteiger partial charge in [-0.3, -0.25) is 0 Å². The van der Waals surface area contributed by atoms with Crippen molar-refractivity contribution in [2.24, 2.45) is 0 Å². The zero-order valence-electron chi connectivity index (χ0n) is 13.1. The highest BCUT2D eigenvalue weighted by molar-refractivity contribution is 7.85. The Labute approximate surface area is 147 Å². The number of rotatable bonds is 3. The molecule has 122 valence electrons. The average Bonchev–Trinajstić information content (AvgIpc) is 2.66. The van der Waals surface area contributed by atoms with Crippen LogP contribution in [0.4, 0.5) is 0 Å². The summed E-state index contributed by atoms with van der Waals surface area (Å²) in [7, 11) is -1.51. The summed E-state index contributed by atoms with van der Waals surface area (Å²) < 4.78 is 13.3. The lowest BCUT2D eigenvalue weighted by atomic mass is 10.0. The molecular formula is C21H13O3S-. The minimum atomic E-state index is -1.51. The summed E-state index contributed by atoms with van der Waals surface area (Å²) in [4.78, 5) is 12.7. The molecule has 0 aliphatic heterocycles. The summed E-state index contributed by atoms with van der Waals surface area (Å²) in [6.07, 6.45) is 0. The van der Waals surface area contributed by atoms with Gasteiger partial charge in [-0.1, -0.05) is 66.7 Å². The second-order valence-corrected chi connectivity index (χ2v) is 7.11. The van der Waals surface area contributed by atoms with Crippen molar-refractivity contribution in [3.63, 3.8) is 0 Å². The van der Waals surface area contributed by atoms with Crippen LogP contribution < -0.4 is 5.11 Å². The van der Waals surface area contributed by atoms with Crippen LogP contribution in [0.3, 0.4) is 0 Å². The van der Waals surface area contributed by atoms with E-state index in [0.29, 0.717) is 15.2 Å². The number of hydrogen-bond acceptors (Lipinski definition) is 3. The maximum Gasteiger partial charge on any atom is 0.0862 e. The Bertz CT molecular complexity index is 1140. The fraction of sp³-hybridized carbons (Fsp3) is 0. The molecule has 0 aliphatic carbocycles. The standard InChI is InChI=1S/C21H14O3S/c22-21(23)17-11-3-8-15-9-5-13-19(20(15)17)25(24)18-12-4-7-14-6-1-2-10-16(14)18/h1-13H,(H,22,23)/p-1/t25-/m0/s1. The Morgan fingerprint density at radius 3 is 2.08 bits per heavy atom. The van der Waals surface area contributed by atoms with Crippen molar-refractivity contribution in [1.29, 1.82) is 0 Å². The normalized spacial score (nSPS) is 12.3. The quantitative estimate of drug-likeness (QED) is 0.571. The van der Waals surface area contributed by atoms with Gasteiger partial charge in [0.05, 0.1) is 26.6 Å². The summed E-state index contributed by atoms with van der Waals surface area (Å²) in [6, 6.07) is 23.6. The molecule has 4 rings (SSSR count). The first-order chi connectivity index (χ1) is 12.2. The molecule has 1 atom stereocenters. The highest BCUT2D eigenvalue weighted by Crippen LogP contribution is 2.31. The SMILES string of the molecule is O=C([O-])c1cccc2cccc([S@@](=O)c3cccc4ccccc34)c12. The number of carboxylic acids is 1. The minimum Gasteiger partial charge on any atom is -0.545 e. The zero-order chi connectivity index (χ0) is 17.4. The fourth-order valence-electron chi connectivity index (χ4n) is 3.11. The van der Waals surface area contributed by atoms with E-state index in [1.165, 1.54) is 6.07 Å². The third-order valence-corrected chi connectivity index (χ3v) is 5.73. The van der Waals surface area contributed by atoms with Crippen LogP contribution in [0.1, 0.15) is 10.4 Å². The van der Waals surface area contributed by atoms with Crippen molar-refractivity contribution >= 4 is 38.3 Å². The highest BCUT2D eigenvalue weighted by Gasteiger charge is 2.16. The predicted molar refractivity (Wildman–Crippen MR) is 96.9 cm³/mol. The first-order valence-electron chi connectivity index (χ1n) is 7.79. The van der Waals surface area contributed by atoms with Crippen molar-refractivity contribution < 1.29 is 14.1 Å². The van der Waals surface area contributed by atoms with Crippen LogP contribution in [0.25, 0.3) is 21.5 Å². The van der Waals surface area contributed by atoms with Crippen LogP contribution in [0.5, 0.6) is 0 Å². The van der Waals surface area contributed by atoms with E-state index < -0.39 is 16.8 Å². The van der Waals surface area contributed by atoms with Crippen LogP contribution in [0.2, 0.25) is 0 Å². The van der Waals surface area contributed by atoms with Crippen molar-refractivity contribution in [3.05, 3.63) is 84.4 Å². The largest absolute Gasteiger partial charge is 0.545 e. The number of carbonyl (C=O) groups excluding carboxylic acids is 1. The van der Waals surface area contributed by atoms with Gasteiger partial charge in [-0.2, -0.15) is 0 Å². The Morgan fingerprint density at radius 1 is 0.720 bits per heavy atom. The Hall–Kier alpha value is -2.98. The van der Waals surface area contributed by atoms with Gasteiger partial charge in [-0.15, -0.1) is 0 Å². The molecule has 0 saturated heterocycles. The smallest absolute Gasteiger partial charge is 0.0862 e. The Kier molecular flexibility index (Phi) is 3.82. The molecule has 0 amide bonds. The van der Waals surface area contributed by atoms with Crippen LogP contribution in [-0.4, -0.2) is 10.2 Å². The molecule has 0 N–H and O–H groups in total. The van der Waals surface area contributed by atoms with Crippen LogP contribution in [0, 0.1) is 0 Å². The van der Waals surface area contributed by atoms with Gasteiger partial charge in [-0.25, -0.2) is 4.21 Å². The Balaban J connectivity index is 2.01. The van der Waals surface area contributed by atoms with Crippen molar-refractivity contribution in [2.45, 2.75) is 9.79 Å². The number of fused-ring (bicyclic) bond motifs is 2. The Morgan fingerprint density at radius 2 is 1.32 bits per heavy atom. The molecule has 4 heteroatoms. The molecule has 0 bridgehead atoms. The van der Waals surface area contributed by atoms with Gasteiger partial charge >= 0.3 is 0 Å². The number of aromatic carboxylic acids is 1.